The quantitative estimate of drug-likeness (QED) is 0.937. The van der Waals surface area contributed by atoms with Gasteiger partial charge in [0.25, 0.3) is 0 Å². The summed E-state index contributed by atoms with van der Waals surface area (Å²) >= 11 is 1.72. The topological polar surface area (TPSA) is 58.1 Å². The van der Waals surface area contributed by atoms with Crippen molar-refractivity contribution in [1.29, 1.82) is 0 Å². The van der Waals surface area contributed by atoms with Gasteiger partial charge < -0.3 is 10.2 Å². The Morgan fingerprint density at radius 3 is 2.61 bits per heavy atom. The van der Waals surface area contributed by atoms with Gasteiger partial charge in [-0.15, -0.1) is 11.3 Å². The van der Waals surface area contributed by atoms with Gasteiger partial charge in [0.1, 0.15) is 0 Å². The minimum atomic E-state index is -0.262. The molecule has 3 heterocycles. The van der Waals surface area contributed by atoms with Crippen molar-refractivity contribution in [1.82, 2.24) is 14.9 Å². The molecule has 1 saturated carbocycles. The Morgan fingerprint density at radius 2 is 1.96 bits per heavy atom. The average molecular weight is 328 g/mol. The van der Waals surface area contributed by atoms with E-state index in [1.807, 2.05) is 4.90 Å². The molecule has 1 N–H and O–H groups in total. The van der Waals surface area contributed by atoms with Gasteiger partial charge in [-0.25, -0.2) is 9.97 Å². The number of likely N-dealkylation sites (tertiary alicyclic amines) is 1. The number of aromatic nitrogens is 2. The number of hydrogen-bond acceptors (Lipinski definition) is 5. The van der Waals surface area contributed by atoms with Crippen LogP contribution in [0.5, 0.6) is 0 Å². The van der Waals surface area contributed by atoms with Crippen molar-refractivity contribution in [3.8, 4) is 0 Å². The van der Waals surface area contributed by atoms with Crippen molar-refractivity contribution < 1.29 is 4.79 Å². The van der Waals surface area contributed by atoms with Crippen LogP contribution in [0.2, 0.25) is 0 Å². The van der Waals surface area contributed by atoms with Crippen molar-refractivity contribution in [3.05, 3.63) is 40.8 Å². The highest BCUT2D eigenvalue weighted by Gasteiger charge is 2.48. The molecule has 1 aliphatic carbocycles. The standard InChI is InChI=1S/C17H20N4OS/c22-15(17(6-1-2-7-17)14-5-3-10-23-14)21-11-13(12-21)20-16-18-8-4-9-19-16/h3-5,8-10,13H,1-2,6-7,11-12H2,(H,18,19,20). The van der Waals surface area contributed by atoms with Crippen molar-refractivity contribution >= 4 is 23.2 Å². The smallest absolute Gasteiger partial charge is 0.234 e. The number of rotatable bonds is 4. The Labute approximate surface area is 139 Å². The van der Waals surface area contributed by atoms with E-state index < -0.39 is 0 Å². The molecule has 1 aliphatic heterocycles. The van der Waals surface area contributed by atoms with Crippen LogP contribution in [0.3, 0.4) is 0 Å². The highest BCUT2D eigenvalue weighted by atomic mass is 32.1. The first-order valence-electron chi connectivity index (χ1n) is 8.15. The first-order valence-corrected chi connectivity index (χ1v) is 9.03. The third kappa shape index (κ3) is 2.61. The van der Waals surface area contributed by atoms with Crippen LogP contribution in [0, 0.1) is 0 Å². The van der Waals surface area contributed by atoms with Crippen LogP contribution in [-0.4, -0.2) is 39.9 Å². The minimum absolute atomic E-state index is 0.253. The lowest BCUT2D eigenvalue weighted by Crippen LogP contribution is -2.61. The van der Waals surface area contributed by atoms with E-state index in [0.29, 0.717) is 11.9 Å². The fourth-order valence-electron chi connectivity index (χ4n) is 3.69. The second-order valence-electron chi connectivity index (χ2n) is 6.39. The summed E-state index contributed by atoms with van der Waals surface area (Å²) in [7, 11) is 0. The van der Waals surface area contributed by atoms with E-state index in [-0.39, 0.29) is 11.5 Å². The molecule has 0 radical (unpaired) electrons. The Kier molecular flexibility index (Phi) is 3.77. The molecular weight excluding hydrogens is 308 g/mol. The lowest BCUT2D eigenvalue weighted by atomic mass is 9.81. The monoisotopic (exact) mass is 328 g/mol. The van der Waals surface area contributed by atoms with E-state index in [1.165, 1.54) is 4.88 Å². The van der Waals surface area contributed by atoms with Crippen LogP contribution in [0.15, 0.2) is 36.0 Å². The molecule has 6 heteroatoms. The van der Waals surface area contributed by atoms with Crippen molar-refractivity contribution in [2.75, 3.05) is 18.4 Å². The van der Waals surface area contributed by atoms with Crippen LogP contribution in [0.1, 0.15) is 30.6 Å². The molecule has 4 rings (SSSR count). The van der Waals surface area contributed by atoms with Gasteiger partial charge in [0, 0.05) is 30.4 Å². The van der Waals surface area contributed by atoms with Gasteiger partial charge in [0.05, 0.1) is 11.5 Å². The van der Waals surface area contributed by atoms with E-state index in [4.69, 9.17) is 0 Å². The number of anilines is 1. The lowest BCUT2D eigenvalue weighted by molar-refractivity contribution is -0.141. The SMILES string of the molecule is O=C(N1CC(Nc2ncccn2)C1)C1(c2cccs2)CCCC1. The molecule has 1 amide bonds. The summed E-state index contributed by atoms with van der Waals surface area (Å²) in [6, 6.07) is 6.23. The van der Waals surface area contributed by atoms with Crippen LogP contribution in [-0.2, 0) is 10.2 Å². The Morgan fingerprint density at radius 1 is 1.22 bits per heavy atom. The maximum atomic E-state index is 13.1. The number of nitrogens with one attached hydrogen (secondary N) is 1. The Bertz CT molecular complexity index is 661. The number of amides is 1. The van der Waals surface area contributed by atoms with Crippen LogP contribution in [0.4, 0.5) is 5.95 Å². The molecular formula is C17H20N4OS. The molecule has 2 fully saturated rings. The number of carbonyl (C=O) groups excluding carboxylic acids is 1. The van der Waals surface area contributed by atoms with Gasteiger partial charge in [0.15, 0.2) is 0 Å². The van der Waals surface area contributed by atoms with E-state index >= 15 is 0 Å². The van der Waals surface area contributed by atoms with Gasteiger partial charge in [-0.05, 0) is 30.4 Å². The summed E-state index contributed by atoms with van der Waals surface area (Å²) in [5.41, 5.74) is -0.262. The number of carbonyl (C=O) groups is 1. The summed E-state index contributed by atoms with van der Waals surface area (Å²) in [6.07, 6.45) is 7.72. The third-order valence-corrected chi connectivity index (χ3v) is 6.00. The molecule has 0 atom stereocenters. The van der Waals surface area contributed by atoms with Gasteiger partial charge in [0.2, 0.25) is 11.9 Å². The third-order valence-electron chi connectivity index (χ3n) is 4.93. The number of thiophene rings is 1. The maximum absolute atomic E-state index is 13.1. The van der Waals surface area contributed by atoms with E-state index in [0.717, 1.165) is 38.8 Å². The fraction of sp³-hybridized carbons (Fsp3) is 0.471. The first kappa shape index (κ1) is 14.6. The van der Waals surface area contributed by atoms with Crippen molar-refractivity contribution in [2.24, 2.45) is 0 Å². The molecule has 0 bridgehead atoms. The lowest BCUT2D eigenvalue weighted by Gasteiger charge is -2.44. The maximum Gasteiger partial charge on any atom is 0.234 e. The van der Waals surface area contributed by atoms with Crippen LogP contribution in [0.25, 0.3) is 0 Å². The molecule has 0 aromatic carbocycles. The van der Waals surface area contributed by atoms with E-state index in [2.05, 4.69) is 32.8 Å². The molecule has 5 nitrogen and oxygen atoms in total. The minimum Gasteiger partial charge on any atom is -0.348 e. The molecule has 120 valence electrons. The molecule has 0 unspecified atom stereocenters. The highest BCUT2D eigenvalue weighted by Crippen LogP contribution is 2.45. The van der Waals surface area contributed by atoms with Gasteiger partial charge in [-0.1, -0.05) is 18.9 Å². The van der Waals surface area contributed by atoms with Crippen molar-refractivity contribution in [3.63, 3.8) is 0 Å². The summed E-state index contributed by atoms with van der Waals surface area (Å²) < 4.78 is 0. The van der Waals surface area contributed by atoms with E-state index in [1.54, 1.807) is 29.8 Å². The molecule has 0 spiro atoms. The largest absolute Gasteiger partial charge is 0.348 e. The zero-order valence-electron chi connectivity index (χ0n) is 12.9. The summed E-state index contributed by atoms with van der Waals surface area (Å²) in [5, 5.41) is 5.37. The molecule has 2 aromatic heterocycles. The summed E-state index contributed by atoms with van der Waals surface area (Å²) in [6.45, 7) is 1.48. The van der Waals surface area contributed by atoms with Crippen LogP contribution < -0.4 is 5.32 Å². The van der Waals surface area contributed by atoms with Gasteiger partial charge in [-0.3, -0.25) is 4.79 Å². The Hall–Kier alpha value is -1.95. The summed E-state index contributed by atoms with van der Waals surface area (Å²) in [5.74, 6) is 0.947. The number of nitrogens with zero attached hydrogens (tertiary/aromatic N) is 3. The zero-order chi connectivity index (χ0) is 15.7. The Balaban J connectivity index is 1.42. The second kappa shape index (κ2) is 5.92. The molecule has 23 heavy (non-hydrogen) atoms. The first-order chi connectivity index (χ1) is 11.3. The molecule has 2 aromatic rings. The normalized spacial score (nSPS) is 20.3. The molecule has 2 aliphatic rings. The van der Waals surface area contributed by atoms with Gasteiger partial charge in [-0.2, -0.15) is 0 Å². The highest BCUT2D eigenvalue weighted by molar-refractivity contribution is 7.10. The second-order valence-corrected chi connectivity index (χ2v) is 7.34. The summed E-state index contributed by atoms with van der Waals surface area (Å²) in [4.78, 5) is 24.7. The predicted molar refractivity (Wildman–Crippen MR) is 90.5 cm³/mol. The van der Waals surface area contributed by atoms with Crippen molar-refractivity contribution in [2.45, 2.75) is 37.1 Å². The molecule has 1 saturated heterocycles. The average Bonchev–Trinajstić information content (AvgIpc) is 3.22. The predicted octanol–water partition coefficient (Wildman–Crippen LogP) is 2.67. The zero-order valence-corrected chi connectivity index (χ0v) is 13.8. The van der Waals surface area contributed by atoms with E-state index in [9.17, 15) is 4.79 Å². The van der Waals surface area contributed by atoms with Crippen LogP contribution >= 0.6 is 11.3 Å². The fourth-order valence-corrected chi connectivity index (χ4v) is 4.67. The van der Waals surface area contributed by atoms with Gasteiger partial charge >= 0.3 is 0 Å². The number of hydrogen-bond donors (Lipinski definition) is 1.